The second kappa shape index (κ2) is 9.77. The van der Waals surface area contributed by atoms with Crippen LogP contribution in [-0.2, 0) is 10.0 Å². The third-order valence-electron chi connectivity index (χ3n) is 6.32. The molecule has 0 radical (unpaired) electrons. The number of fused-ring (bicyclic) bond motifs is 1. The molecule has 3 N–H and O–H groups in total. The zero-order chi connectivity index (χ0) is 25.3. The van der Waals surface area contributed by atoms with Gasteiger partial charge in [0.2, 0.25) is 10.0 Å². The van der Waals surface area contributed by atoms with E-state index in [4.69, 9.17) is 0 Å². The average molecular weight is 502 g/mol. The second-order valence-electron chi connectivity index (χ2n) is 9.43. The highest BCUT2D eigenvalue weighted by Crippen LogP contribution is 2.29. The quantitative estimate of drug-likeness (QED) is 0.450. The van der Waals surface area contributed by atoms with Gasteiger partial charge < -0.3 is 20.1 Å². The summed E-state index contributed by atoms with van der Waals surface area (Å²) in [6.45, 7) is 5.14. The summed E-state index contributed by atoms with van der Waals surface area (Å²) in [7, 11) is -1.41. The Morgan fingerprint density at radius 2 is 1.89 bits per heavy atom. The van der Waals surface area contributed by atoms with E-state index < -0.39 is 10.0 Å². The van der Waals surface area contributed by atoms with Crippen LogP contribution in [0.1, 0.15) is 37.0 Å². The Hall–Kier alpha value is -3.27. The largest absolute Gasteiger partial charge is 0.380 e. The average Bonchev–Trinajstić information content (AvgIpc) is 3.21. The first-order valence-corrected chi connectivity index (χ1v) is 13.6. The Balaban J connectivity index is 1.45. The number of H-pyrrole nitrogens is 1. The molecule has 2 heterocycles. The summed E-state index contributed by atoms with van der Waals surface area (Å²) < 4.78 is 39.8. The van der Waals surface area contributed by atoms with Gasteiger partial charge in [0.05, 0.1) is 17.5 Å². The Bertz CT molecular complexity index is 1330. The summed E-state index contributed by atoms with van der Waals surface area (Å²) in [6, 6.07) is 10.6. The van der Waals surface area contributed by atoms with Gasteiger partial charge in [0, 0.05) is 60.7 Å². The lowest BCUT2D eigenvalue weighted by atomic mass is 10.0. The van der Waals surface area contributed by atoms with Crippen LogP contribution in [0.3, 0.4) is 0 Å². The van der Waals surface area contributed by atoms with Gasteiger partial charge >= 0.3 is 0 Å². The van der Waals surface area contributed by atoms with Gasteiger partial charge in [-0.1, -0.05) is 0 Å². The number of amides is 1. The van der Waals surface area contributed by atoms with E-state index in [1.54, 1.807) is 30.5 Å². The molecule has 4 rings (SSSR count). The first kappa shape index (κ1) is 24.8. The van der Waals surface area contributed by atoms with Crippen molar-refractivity contribution in [3.63, 3.8) is 0 Å². The maximum Gasteiger partial charge on any atom is 0.256 e. The summed E-state index contributed by atoms with van der Waals surface area (Å²) in [6.07, 6.45) is 4.35. The van der Waals surface area contributed by atoms with Crippen LogP contribution in [0.5, 0.6) is 0 Å². The molecule has 188 valence electrons. The number of likely N-dealkylation sites (tertiary alicyclic amines) is 1. The monoisotopic (exact) mass is 501 g/mol. The lowest BCUT2D eigenvalue weighted by Gasteiger charge is -2.38. The minimum Gasteiger partial charge on any atom is -0.380 e. The molecule has 0 aliphatic carbocycles. The fourth-order valence-corrected chi connectivity index (χ4v) is 5.12. The topological polar surface area (TPSA) is 97.5 Å². The van der Waals surface area contributed by atoms with Crippen molar-refractivity contribution >= 4 is 43.9 Å². The molecule has 0 saturated carbocycles. The first-order chi connectivity index (χ1) is 16.5. The third kappa shape index (κ3) is 5.70. The number of nitrogens with zero attached hydrogens (tertiary/aromatic N) is 2. The van der Waals surface area contributed by atoms with Crippen molar-refractivity contribution in [2.45, 2.75) is 38.8 Å². The number of nitrogens with one attached hydrogen (secondary N) is 3. The maximum absolute atomic E-state index is 14.2. The standard InChI is InChI=1S/C25H32FN5O3S/c1-16(2)28-24-14-19(6-7-22(24)26)30(3)18-9-11-31(12-10-18)25(32)21-15-27-23-8-5-17(13-20(21)23)29-35(4,33)34/h5-8,13-16,18,27-29H,9-12H2,1-4H3. The molecule has 1 saturated heterocycles. The van der Waals surface area contributed by atoms with Crippen molar-refractivity contribution < 1.29 is 17.6 Å². The summed E-state index contributed by atoms with van der Waals surface area (Å²) in [5.41, 5.74) is 3.12. The number of carbonyl (C=O) groups is 1. The highest BCUT2D eigenvalue weighted by molar-refractivity contribution is 7.92. The fraction of sp³-hybridized carbons (Fsp3) is 0.400. The number of anilines is 3. The van der Waals surface area contributed by atoms with Gasteiger partial charge in [-0.2, -0.15) is 0 Å². The molecule has 2 aromatic carbocycles. The van der Waals surface area contributed by atoms with Gasteiger partial charge in [-0.15, -0.1) is 0 Å². The molecule has 3 aromatic rings. The van der Waals surface area contributed by atoms with Gasteiger partial charge in [0.25, 0.3) is 5.91 Å². The van der Waals surface area contributed by atoms with Gasteiger partial charge in [-0.3, -0.25) is 9.52 Å². The van der Waals surface area contributed by atoms with Crippen molar-refractivity contribution in [1.29, 1.82) is 0 Å². The van der Waals surface area contributed by atoms with E-state index in [2.05, 4.69) is 19.9 Å². The molecule has 1 aliphatic heterocycles. The molecule has 0 spiro atoms. The number of piperidine rings is 1. The molecule has 0 bridgehead atoms. The lowest BCUT2D eigenvalue weighted by Crippen LogP contribution is -2.45. The van der Waals surface area contributed by atoms with Crippen LogP contribution >= 0.6 is 0 Å². The van der Waals surface area contributed by atoms with E-state index in [-0.39, 0.29) is 23.8 Å². The van der Waals surface area contributed by atoms with Crippen LogP contribution in [0, 0.1) is 5.82 Å². The SMILES string of the molecule is CC(C)Nc1cc(N(C)C2CCN(C(=O)c3c[nH]c4ccc(NS(C)(=O)=O)cc34)CC2)ccc1F. The van der Waals surface area contributed by atoms with E-state index in [1.165, 1.54) is 6.07 Å². The Morgan fingerprint density at radius 1 is 1.17 bits per heavy atom. The number of hydrogen-bond acceptors (Lipinski definition) is 5. The van der Waals surface area contributed by atoms with Crippen LogP contribution in [0.2, 0.25) is 0 Å². The molecule has 1 fully saturated rings. The van der Waals surface area contributed by atoms with E-state index in [0.717, 1.165) is 30.3 Å². The molecule has 0 unspecified atom stereocenters. The zero-order valence-electron chi connectivity index (χ0n) is 20.4. The van der Waals surface area contributed by atoms with Gasteiger partial charge in [-0.05, 0) is 63.1 Å². The normalized spacial score (nSPS) is 15.0. The van der Waals surface area contributed by atoms with E-state index in [9.17, 15) is 17.6 Å². The minimum atomic E-state index is -3.42. The van der Waals surface area contributed by atoms with Crippen molar-refractivity contribution in [1.82, 2.24) is 9.88 Å². The summed E-state index contributed by atoms with van der Waals surface area (Å²) in [5.74, 6) is -0.357. The number of aromatic amines is 1. The van der Waals surface area contributed by atoms with Crippen LogP contribution < -0.4 is 14.9 Å². The third-order valence-corrected chi connectivity index (χ3v) is 6.92. The molecule has 35 heavy (non-hydrogen) atoms. The summed E-state index contributed by atoms with van der Waals surface area (Å²) in [4.78, 5) is 20.4. The number of hydrogen-bond donors (Lipinski definition) is 3. The molecule has 10 heteroatoms. The number of benzene rings is 2. The number of aromatic nitrogens is 1. The fourth-order valence-electron chi connectivity index (χ4n) is 4.57. The van der Waals surface area contributed by atoms with E-state index in [0.29, 0.717) is 35.4 Å². The molecule has 1 aliphatic rings. The Morgan fingerprint density at radius 3 is 2.54 bits per heavy atom. The summed E-state index contributed by atoms with van der Waals surface area (Å²) in [5, 5.41) is 3.82. The lowest BCUT2D eigenvalue weighted by molar-refractivity contribution is 0.0715. The van der Waals surface area contributed by atoms with Crippen LogP contribution in [0.4, 0.5) is 21.5 Å². The van der Waals surface area contributed by atoms with Crippen LogP contribution in [0.25, 0.3) is 10.9 Å². The Kier molecular flexibility index (Phi) is 6.93. The van der Waals surface area contributed by atoms with Crippen molar-refractivity contribution in [3.8, 4) is 0 Å². The Labute approximate surface area is 205 Å². The number of carbonyl (C=O) groups excluding carboxylic acids is 1. The highest BCUT2D eigenvalue weighted by Gasteiger charge is 2.27. The first-order valence-electron chi connectivity index (χ1n) is 11.7. The predicted octanol–water partition coefficient (Wildman–Crippen LogP) is 4.24. The summed E-state index contributed by atoms with van der Waals surface area (Å²) >= 11 is 0. The maximum atomic E-state index is 14.2. The molecular formula is C25H32FN5O3S. The molecule has 1 amide bonds. The van der Waals surface area contributed by atoms with Gasteiger partial charge in [-0.25, -0.2) is 12.8 Å². The predicted molar refractivity (Wildman–Crippen MR) is 139 cm³/mol. The number of rotatable bonds is 7. The zero-order valence-corrected chi connectivity index (χ0v) is 21.2. The van der Waals surface area contributed by atoms with Crippen molar-refractivity contribution in [2.75, 3.05) is 41.3 Å². The van der Waals surface area contributed by atoms with Crippen LogP contribution in [-0.4, -0.2) is 62.7 Å². The van der Waals surface area contributed by atoms with Crippen molar-refractivity contribution in [2.24, 2.45) is 0 Å². The highest BCUT2D eigenvalue weighted by atomic mass is 32.2. The van der Waals surface area contributed by atoms with Gasteiger partial charge in [0.15, 0.2) is 0 Å². The molecule has 1 aromatic heterocycles. The smallest absolute Gasteiger partial charge is 0.256 e. The molecule has 8 nitrogen and oxygen atoms in total. The van der Waals surface area contributed by atoms with Gasteiger partial charge in [0.1, 0.15) is 5.82 Å². The minimum absolute atomic E-state index is 0.0842. The van der Waals surface area contributed by atoms with E-state index in [1.807, 2.05) is 31.9 Å². The van der Waals surface area contributed by atoms with E-state index >= 15 is 0 Å². The van der Waals surface area contributed by atoms with Crippen molar-refractivity contribution in [3.05, 3.63) is 54.0 Å². The molecule has 0 atom stereocenters. The number of sulfonamides is 1. The number of halogens is 1. The second-order valence-corrected chi connectivity index (χ2v) is 11.2. The molecular weight excluding hydrogens is 469 g/mol. The van der Waals surface area contributed by atoms with Crippen LogP contribution in [0.15, 0.2) is 42.6 Å².